The molecular formula is C31H25F3N2O6S2. The van der Waals surface area contributed by atoms with Gasteiger partial charge in [0.25, 0.3) is 10.0 Å². The Morgan fingerprint density at radius 2 is 1.50 bits per heavy atom. The Kier molecular flexibility index (Phi) is 7.72. The zero-order valence-electron chi connectivity index (χ0n) is 22.9. The van der Waals surface area contributed by atoms with Gasteiger partial charge in [0, 0.05) is 23.9 Å². The molecule has 0 spiro atoms. The number of fused-ring (bicyclic) bond motifs is 3. The molecule has 0 saturated carbocycles. The number of piperazine rings is 1. The first-order chi connectivity index (χ1) is 20.9. The highest BCUT2D eigenvalue weighted by molar-refractivity contribution is 7.91. The molecule has 1 aromatic heterocycles. The number of carbonyl (C=O) groups excluding carboxylic acids is 1. The smallest absolute Gasteiger partial charge is 0.416 e. The summed E-state index contributed by atoms with van der Waals surface area (Å²) < 4.78 is 72.2. The van der Waals surface area contributed by atoms with Crippen LogP contribution in [0.25, 0.3) is 21.6 Å². The molecule has 3 aromatic carbocycles. The Bertz CT molecular complexity index is 1790. The molecule has 0 unspecified atom stereocenters. The summed E-state index contributed by atoms with van der Waals surface area (Å²) in [6.07, 6.45) is -5.24. The average molecular weight is 643 g/mol. The van der Waals surface area contributed by atoms with Crippen LogP contribution in [0.2, 0.25) is 0 Å². The van der Waals surface area contributed by atoms with Crippen molar-refractivity contribution in [3.8, 4) is 21.6 Å². The van der Waals surface area contributed by atoms with Crippen molar-refractivity contribution < 1.29 is 41.0 Å². The van der Waals surface area contributed by atoms with Gasteiger partial charge in [-0.1, -0.05) is 60.7 Å². The summed E-state index contributed by atoms with van der Waals surface area (Å²) in [5, 5.41) is 9.94. The molecule has 8 nitrogen and oxygen atoms in total. The fourth-order valence-corrected chi connectivity index (χ4v) is 8.66. The zero-order chi connectivity index (χ0) is 31.2. The number of benzene rings is 3. The van der Waals surface area contributed by atoms with E-state index < -0.39 is 46.4 Å². The molecule has 228 valence electrons. The van der Waals surface area contributed by atoms with E-state index in [1.807, 2.05) is 48.5 Å². The third-order valence-electron chi connectivity index (χ3n) is 7.85. The molecule has 13 heteroatoms. The Labute approximate surface area is 255 Å². The van der Waals surface area contributed by atoms with Gasteiger partial charge in [-0.15, -0.1) is 11.3 Å². The van der Waals surface area contributed by atoms with Crippen molar-refractivity contribution in [2.45, 2.75) is 22.3 Å². The quantitative estimate of drug-likeness (QED) is 0.271. The summed E-state index contributed by atoms with van der Waals surface area (Å²) in [5.74, 6) is -1.62. The predicted molar refractivity (Wildman–Crippen MR) is 157 cm³/mol. The van der Waals surface area contributed by atoms with Gasteiger partial charge in [0.2, 0.25) is 0 Å². The number of carboxylic acid groups (broad SMARTS) is 1. The molecule has 44 heavy (non-hydrogen) atoms. The Morgan fingerprint density at radius 3 is 2.09 bits per heavy atom. The molecule has 1 fully saturated rings. The average Bonchev–Trinajstić information content (AvgIpc) is 3.64. The number of alkyl halides is 3. The molecule has 1 saturated heterocycles. The van der Waals surface area contributed by atoms with Crippen molar-refractivity contribution in [1.82, 2.24) is 9.21 Å². The van der Waals surface area contributed by atoms with E-state index in [9.17, 15) is 36.3 Å². The number of nitrogens with zero attached hydrogens (tertiary/aromatic N) is 2. The minimum atomic E-state index is -4.50. The predicted octanol–water partition coefficient (Wildman–Crippen LogP) is 6.14. The van der Waals surface area contributed by atoms with Crippen LogP contribution in [0.3, 0.4) is 0 Å². The van der Waals surface area contributed by atoms with Crippen molar-refractivity contribution in [3.05, 3.63) is 102 Å². The molecule has 1 amide bonds. The summed E-state index contributed by atoms with van der Waals surface area (Å²) >= 11 is 0.823. The van der Waals surface area contributed by atoms with Gasteiger partial charge >= 0.3 is 18.2 Å². The van der Waals surface area contributed by atoms with E-state index >= 15 is 0 Å². The molecule has 4 aromatic rings. The Morgan fingerprint density at radius 1 is 0.886 bits per heavy atom. The minimum Gasteiger partial charge on any atom is -0.480 e. The van der Waals surface area contributed by atoms with E-state index in [1.54, 1.807) is 0 Å². The van der Waals surface area contributed by atoms with Gasteiger partial charge in [-0.25, -0.2) is 13.2 Å². The van der Waals surface area contributed by atoms with Gasteiger partial charge in [-0.05, 0) is 52.1 Å². The maximum Gasteiger partial charge on any atom is 0.416 e. The second-order valence-corrected chi connectivity index (χ2v) is 13.6. The van der Waals surface area contributed by atoms with Crippen LogP contribution < -0.4 is 0 Å². The van der Waals surface area contributed by atoms with Crippen LogP contribution in [0.4, 0.5) is 18.0 Å². The number of carboxylic acids is 1. The summed E-state index contributed by atoms with van der Waals surface area (Å²) in [6.45, 7) is -0.749. The van der Waals surface area contributed by atoms with Crippen LogP contribution in [0, 0.1) is 0 Å². The topological polar surface area (TPSA) is 104 Å². The standard InChI is InChI=1S/C31H25F3N2O6S2/c32-31(33,34)20-11-9-19(10-12-20)27-13-14-28(43-27)44(40,41)36-16-15-35(17-26(36)29(37)38)30(39)42-18-25-23-7-3-1-5-21(23)22-6-2-4-8-24(22)25/h1-14,25-26H,15-18H2,(H,37,38)/t26-/m1/s1. The number of sulfonamides is 1. The third kappa shape index (κ3) is 5.46. The number of hydrogen-bond acceptors (Lipinski definition) is 6. The van der Waals surface area contributed by atoms with Crippen LogP contribution in [0.15, 0.2) is 89.1 Å². The SMILES string of the molecule is O=C(O)[C@H]1CN(C(=O)OCC2c3ccccc3-c3ccccc32)CCN1S(=O)(=O)c1ccc(-c2ccc(C(F)(F)F)cc2)s1. The van der Waals surface area contributed by atoms with Crippen LogP contribution >= 0.6 is 11.3 Å². The van der Waals surface area contributed by atoms with Gasteiger partial charge in [0.05, 0.1) is 12.1 Å². The molecule has 1 N–H and O–H groups in total. The molecule has 6 rings (SSSR count). The fraction of sp³-hybridized carbons (Fsp3) is 0.226. The number of rotatable bonds is 6. The summed E-state index contributed by atoms with van der Waals surface area (Å²) in [6, 6.07) is 21.2. The number of ether oxygens (including phenoxy) is 1. The van der Waals surface area contributed by atoms with Gasteiger partial charge in [0.1, 0.15) is 16.9 Å². The molecule has 1 aliphatic heterocycles. The van der Waals surface area contributed by atoms with Gasteiger partial charge in [-0.3, -0.25) is 4.79 Å². The number of hydrogen-bond donors (Lipinski definition) is 1. The lowest BCUT2D eigenvalue weighted by molar-refractivity contribution is -0.143. The zero-order valence-corrected chi connectivity index (χ0v) is 24.5. The first-order valence-corrected chi connectivity index (χ1v) is 15.8. The van der Waals surface area contributed by atoms with Crippen molar-refractivity contribution in [3.63, 3.8) is 0 Å². The largest absolute Gasteiger partial charge is 0.480 e. The highest BCUT2D eigenvalue weighted by atomic mass is 32.2. The van der Waals surface area contributed by atoms with Gasteiger partial charge in [0.15, 0.2) is 0 Å². The number of aliphatic carboxylic acids is 1. The molecular weight excluding hydrogens is 617 g/mol. The summed E-state index contributed by atoms with van der Waals surface area (Å²) in [5.41, 5.74) is 3.72. The van der Waals surface area contributed by atoms with Crippen molar-refractivity contribution in [2.24, 2.45) is 0 Å². The number of thiophene rings is 1. The van der Waals surface area contributed by atoms with E-state index in [-0.39, 0.29) is 29.8 Å². The van der Waals surface area contributed by atoms with E-state index in [0.29, 0.717) is 10.4 Å². The highest BCUT2D eigenvalue weighted by Crippen LogP contribution is 2.44. The Hall–Kier alpha value is -4.20. The first-order valence-electron chi connectivity index (χ1n) is 13.6. The molecule has 1 aliphatic carbocycles. The van der Waals surface area contributed by atoms with Crippen LogP contribution in [-0.2, 0) is 25.7 Å². The molecule has 1 atom stereocenters. The second kappa shape index (κ2) is 11.4. The van der Waals surface area contributed by atoms with Crippen molar-refractivity contribution >= 4 is 33.4 Å². The molecule has 0 bridgehead atoms. The van der Waals surface area contributed by atoms with Crippen LogP contribution in [0.1, 0.15) is 22.6 Å². The first kappa shape index (κ1) is 29.9. The maximum atomic E-state index is 13.5. The van der Waals surface area contributed by atoms with Crippen LogP contribution in [0.5, 0.6) is 0 Å². The molecule has 2 aliphatic rings. The van der Waals surface area contributed by atoms with E-state index in [0.717, 1.165) is 50.0 Å². The lowest BCUT2D eigenvalue weighted by atomic mass is 9.98. The third-order valence-corrected chi connectivity index (χ3v) is 11.4. The second-order valence-electron chi connectivity index (χ2n) is 10.4. The molecule has 0 radical (unpaired) electrons. The summed E-state index contributed by atoms with van der Waals surface area (Å²) in [7, 11) is -4.30. The maximum absolute atomic E-state index is 13.5. The minimum absolute atomic E-state index is 0.0328. The lowest BCUT2D eigenvalue weighted by Gasteiger charge is -2.37. The van der Waals surface area contributed by atoms with Crippen molar-refractivity contribution in [1.29, 1.82) is 0 Å². The van der Waals surface area contributed by atoms with Crippen LogP contribution in [-0.4, -0.2) is 67.1 Å². The number of amides is 1. The highest BCUT2D eigenvalue weighted by Gasteiger charge is 2.43. The Balaban J connectivity index is 1.15. The van der Waals surface area contributed by atoms with E-state index in [1.165, 1.54) is 29.2 Å². The number of carbonyl (C=O) groups is 2. The van der Waals surface area contributed by atoms with Gasteiger partial charge < -0.3 is 14.7 Å². The van der Waals surface area contributed by atoms with Gasteiger partial charge in [-0.2, -0.15) is 17.5 Å². The van der Waals surface area contributed by atoms with E-state index in [4.69, 9.17) is 4.74 Å². The fourth-order valence-electron chi connectivity index (χ4n) is 5.66. The lowest BCUT2D eigenvalue weighted by Crippen LogP contribution is -2.59. The molecule has 2 heterocycles. The number of halogens is 3. The summed E-state index contributed by atoms with van der Waals surface area (Å²) in [4.78, 5) is 26.9. The van der Waals surface area contributed by atoms with Crippen molar-refractivity contribution in [2.75, 3.05) is 26.2 Å². The van der Waals surface area contributed by atoms with E-state index in [2.05, 4.69) is 0 Å². The normalized spacial score (nSPS) is 17.2. The monoisotopic (exact) mass is 642 g/mol.